The van der Waals surface area contributed by atoms with E-state index < -0.39 is 96.5 Å². The summed E-state index contributed by atoms with van der Waals surface area (Å²) >= 11 is 0.881. The summed E-state index contributed by atoms with van der Waals surface area (Å²) in [6, 6.07) is 0.767. The van der Waals surface area contributed by atoms with Gasteiger partial charge in [0.05, 0.1) is 74.2 Å². The van der Waals surface area contributed by atoms with Gasteiger partial charge in [0.25, 0.3) is 0 Å². The summed E-state index contributed by atoms with van der Waals surface area (Å²) in [5, 5.41) is 46.3. The van der Waals surface area contributed by atoms with Crippen LogP contribution in [0.1, 0.15) is 56.5 Å². The standard InChI is InChI=1S/C38H62N2O17S.HI/c1-11-39-20-15-51-24(14-22(20)46-6)56-34-29(43)27(17(3)53-38(34)50-10)40-57-25-13-21(41)35(19(5)52-25)58-36(45)26-16(2)12-23(31(47-7)32(26)48-8)55-37-30(44)33(49-9)28(42)18(4)54-37;/h12,17-22,24-25,27-30,33-35,37-44H,11,13-15H2,1-10H3;1H/t17-,18+,19-,20+,21+,22+,24+,25+,27-,28+,29+,30-,33-,34-,35-,37+,38-;/m1./s1. The van der Waals surface area contributed by atoms with Crippen molar-refractivity contribution in [2.24, 2.45) is 0 Å². The lowest BCUT2D eigenvalue weighted by molar-refractivity contribution is -0.330. The molecule has 0 radical (unpaired) electrons. The third-order valence-corrected chi connectivity index (χ3v) is 12.4. The van der Waals surface area contributed by atoms with Crippen LogP contribution < -0.4 is 25.0 Å². The predicted octanol–water partition coefficient (Wildman–Crippen LogP) is 0.995. The second kappa shape index (κ2) is 22.9. The molecule has 0 spiro atoms. The number of halogens is 1. The van der Waals surface area contributed by atoms with E-state index in [1.54, 1.807) is 40.9 Å². The molecular weight excluding hydrogens is 915 g/mol. The smallest absolute Gasteiger partial charge is 0.229 e. The molecule has 4 heterocycles. The molecule has 1 aromatic carbocycles. The van der Waals surface area contributed by atoms with Crippen LogP contribution in [0.5, 0.6) is 17.2 Å². The van der Waals surface area contributed by atoms with Gasteiger partial charge in [0.2, 0.25) is 17.2 Å². The van der Waals surface area contributed by atoms with E-state index in [-0.39, 0.29) is 65.4 Å². The Hall–Kier alpha value is -1.23. The van der Waals surface area contributed by atoms with Crippen LogP contribution in [0, 0.1) is 6.92 Å². The number of aryl methyl sites for hydroxylation is 1. The lowest BCUT2D eigenvalue weighted by atomic mass is 9.97. The van der Waals surface area contributed by atoms with E-state index in [0.717, 1.165) is 18.3 Å². The van der Waals surface area contributed by atoms with E-state index in [2.05, 4.69) is 10.8 Å². The Morgan fingerprint density at radius 2 is 1.53 bits per heavy atom. The van der Waals surface area contributed by atoms with Gasteiger partial charge >= 0.3 is 0 Å². The van der Waals surface area contributed by atoms with Crippen molar-refractivity contribution in [1.29, 1.82) is 0 Å². The third-order valence-electron chi connectivity index (χ3n) is 11.0. The Morgan fingerprint density at radius 3 is 2.14 bits per heavy atom. The number of ether oxygens (including phenoxy) is 11. The van der Waals surface area contributed by atoms with Gasteiger partial charge < -0.3 is 77.8 Å². The molecule has 0 aliphatic carbocycles. The van der Waals surface area contributed by atoms with Gasteiger partial charge in [-0.1, -0.05) is 18.7 Å². The quantitative estimate of drug-likeness (QED) is 0.100. The monoisotopic (exact) mass is 978 g/mol. The van der Waals surface area contributed by atoms with E-state index in [4.69, 9.17) is 56.9 Å². The number of hydrogen-bond acceptors (Lipinski definition) is 20. The van der Waals surface area contributed by atoms with E-state index in [1.807, 2.05) is 6.92 Å². The molecule has 4 aliphatic rings. The number of carbonyl (C=O) groups is 1. The maximum Gasteiger partial charge on any atom is 0.229 e. The summed E-state index contributed by atoms with van der Waals surface area (Å²) in [6.45, 7) is 9.91. The molecule has 0 bridgehead atoms. The summed E-state index contributed by atoms with van der Waals surface area (Å²) in [5.74, 6) is 0.276. The van der Waals surface area contributed by atoms with Gasteiger partial charge in [-0.15, -0.1) is 24.0 Å². The number of likely N-dealkylation sites (N-methyl/N-ethyl adjacent to an activating group) is 1. The lowest BCUT2D eigenvalue weighted by Crippen LogP contribution is -2.64. The second-order valence-corrected chi connectivity index (χ2v) is 16.0. The molecule has 4 fully saturated rings. The van der Waals surface area contributed by atoms with Gasteiger partial charge in [-0.2, -0.15) is 5.48 Å². The fourth-order valence-corrected chi connectivity index (χ4v) is 8.95. The molecule has 0 unspecified atom stereocenters. The molecule has 0 aromatic heterocycles. The van der Waals surface area contributed by atoms with E-state index >= 15 is 0 Å². The number of hydroxylamine groups is 1. The van der Waals surface area contributed by atoms with Crippen molar-refractivity contribution in [2.75, 3.05) is 48.7 Å². The van der Waals surface area contributed by atoms with Crippen molar-refractivity contribution >= 4 is 40.9 Å². The summed E-state index contributed by atoms with van der Waals surface area (Å²) < 4.78 is 63.8. The molecule has 340 valence electrons. The Kier molecular flexibility index (Phi) is 19.6. The molecule has 21 heteroatoms. The minimum atomic E-state index is -1.34. The highest BCUT2D eigenvalue weighted by Gasteiger charge is 2.49. The zero-order valence-electron chi connectivity index (χ0n) is 35.1. The van der Waals surface area contributed by atoms with Crippen LogP contribution in [-0.2, 0) is 42.7 Å². The molecule has 0 amide bonds. The van der Waals surface area contributed by atoms with Gasteiger partial charge in [0.15, 0.2) is 30.4 Å². The zero-order valence-corrected chi connectivity index (χ0v) is 38.3. The molecule has 17 atom stereocenters. The molecule has 19 nitrogen and oxygen atoms in total. The highest BCUT2D eigenvalue weighted by Crippen LogP contribution is 2.45. The minimum absolute atomic E-state index is 0. The number of carbonyl (C=O) groups excluding carboxylic acids is 1. The Bertz CT molecular complexity index is 1480. The van der Waals surface area contributed by atoms with Crippen LogP contribution in [-0.4, -0.2) is 178 Å². The number of hydrogen-bond donors (Lipinski definition) is 6. The van der Waals surface area contributed by atoms with Crippen molar-refractivity contribution in [3.05, 3.63) is 17.2 Å². The summed E-state index contributed by atoms with van der Waals surface area (Å²) in [4.78, 5) is 19.9. The van der Waals surface area contributed by atoms with Crippen molar-refractivity contribution in [1.82, 2.24) is 10.8 Å². The molecular formula is C38H63IN2O17S. The van der Waals surface area contributed by atoms with Gasteiger partial charge in [-0.25, -0.2) is 0 Å². The summed E-state index contributed by atoms with van der Waals surface area (Å²) in [5.41, 5.74) is 3.51. The first-order valence-corrected chi connectivity index (χ1v) is 20.4. The van der Waals surface area contributed by atoms with Crippen molar-refractivity contribution in [3.8, 4) is 17.2 Å². The molecule has 1 aromatic rings. The highest BCUT2D eigenvalue weighted by molar-refractivity contribution is 14.0. The third kappa shape index (κ3) is 11.5. The number of aliphatic hydroxyl groups is 4. The lowest BCUT2D eigenvalue weighted by Gasteiger charge is -2.45. The number of methoxy groups -OCH3 is 5. The normalized spacial score (nSPS) is 38.9. The maximum atomic E-state index is 14.0. The number of nitrogens with one attached hydrogen (secondary N) is 2. The first kappa shape index (κ1) is 50.4. The van der Waals surface area contributed by atoms with Crippen molar-refractivity contribution < 1.29 is 82.2 Å². The minimum Gasteiger partial charge on any atom is -0.492 e. The van der Waals surface area contributed by atoms with Gasteiger partial charge in [0, 0.05) is 34.2 Å². The molecule has 0 saturated carbocycles. The second-order valence-electron chi connectivity index (χ2n) is 14.8. The fraction of sp³-hybridized carbons (Fsp3) is 0.816. The summed E-state index contributed by atoms with van der Waals surface area (Å²) in [6.07, 6.45) is -12.0. The van der Waals surface area contributed by atoms with Gasteiger partial charge in [0.1, 0.15) is 30.5 Å². The van der Waals surface area contributed by atoms with Crippen LogP contribution in [0.2, 0.25) is 0 Å². The number of benzene rings is 1. The largest absolute Gasteiger partial charge is 0.492 e. The maximum absolute atomic E-state index is 14.0. The first-order valence-electron chi connectivity index (χ1n) is 19.5. The molecule has 5 rings (SSSR count). The molecule has 6 N–H and O–H groups in total. The molecule has 4 aliphatic heterocycles. The SMILES string of the molecule is CCN[C@H]1CO[C@@H](O[C@H]2[C@H](OC)O[C@H](C)[C@@H](NO[C@H]3C[C@H](O)[C@H](SC(=O)c4c(C)cc(O[C@@H]5O[C@@H](C)[C@H](O)[C@@H](OC)[C@H]5O)c(OC)c4OC)[C@@H](C)O3)[C@@H]2O)C[C@@H]1OC.I. The van der Waals surface area contributed by atoms with Gasteiger partial charge in [-0.3, -0.25) is 9.63 Å². The average Bonchev–Trinajstić information content (AvgIpc) is 3.19. The van der Waals surface area contributed by atoms with E-state index in [1.165, 1.54) is 28.4 Å². The Morgan fingerprint density at radius 1 is 0.831 bits per heavy atom. The van der Waals surface area contributed by atoms with Crippen LogP contribution in [0.4, 0.5) is 0 Å². The first-order chi connectivity index (χ1) is 27.7. The van der Waals surface area contributed by atoms with Gasteiger partial charge in [-0.05, 0) is 45.9 Å². The number of thioether (sulfide) groups is 1. The van der Waals surface area contributed by atoms with Crippen LogP contribution in [0.15, 0.2) is 6.07 Å². The average molecular weight is 979 g/mol. The van der Waals surface area contributed by atoms with Crippen LogP contribution in [0.3, 0.4) is 0 Å². The van der Waals surface area contributed by atoms with Crippen LogP contribution >= 0.6 is 35.7 Å². The van der Waals surface area contributed by atoms with E-state index in [9.17, 15) is 25.2 Å². The Balaban J connectivity index is 0.00000769. The number of aliphatic hydroxyl groups excluding tert-OH is 4. The highest BCUT2D eigenvalue weighted by atomic mass is 127. The number of rotatable bonds is 16. The Labute approximate surface area is 366 Å². The van der Waals surface area contributed by atoms with Crippen molar-refractivity contribution in [2.45, 2.75) is 151 Å². The summed E-state index contributed by atoms with van der Waals surface area (Å²) in [7, 11) is 7.22. The topological polar surface area (TPSA) is 233 Å². The van der Waals surface area contributed by atoms with Crippen LogP contribution in [0.25, 0.3) is 0 Å². The predicted molar refractivity (Wildman–Crippen MR) is 221 cm³/mol. The fourth-order valence-electron chi connectivity index (χ4n) is 7.81. The zero-order chi connectivity index (χ0) is 42.4. The van der Waals surface area contributed by atoms with Crippen molar-refractivity contribution in [3.63, 3.8) is 0 Å². The van der Waals surface area contributed by atoms with E-state index in [0.29, 0.717) is 18.6 Å². The molecule has 59 heavy (non-hydrogen) atoms. The molecule has 4 saturated heterocycles.